The number of fused-ring (bicyclic) bond motifs is 1. The Balaban J connectivity index is 2.23. The van der Waals surface area contributed by atoms with E-state index in [1.807, 2.05) is 0 Å². The molecule has 3 heterocycles. The number of rotatable bonds is 2. The van der Waals surface area contributed by atoms with Crippen LogP contribution in [-0.4, -0.2) is 31.6 Å². The molecule has 0 radical (unpaired) electrons. The van der Waals surface area contributed by atoms with Crippen LogP contribution < -0.4 is 5.56 Å². The van der Waals surface area contributed by atoms with Crippen LogP contribution in [0.1, 0.15) is 42.1 Å². The van der Waals surface area contributed by atoms with Crippen LogP contribution in [-0.2, 0) is 17.4 Å². The molecule has 3 aromatic rings. The summed E-state index contributed by atoms with van der Waals surface area (Å²) in [5, 5.41) is 30.6. The Morgan fingerprint density at radius 1 is 1.41 bits per heavy atom. The normalized spacial score (nSPS) is 12.9. The van der Waals surface area contributed by atoms with Crippen molar-refractivity contribution in [3.8, 4) is 11.8 Å². The molecule has 0 aliphatic carbocycles. The van der Waals surface area contributed by atoms with Gasteiger partial charge in [0.2, 0.25) is 5.90 Å². The molecule has 0 amide bonds. The quantitative estimate of drug-likeness (QED) is 0.299. The summed E-state index contributed by atoms with van der Waals surface area (Å²) >= 11 is 0. The fourth-order valence-electron chi connectivity index (χ4n) is 2.98. The van der Waals surface area contributed by atoms with Gasteiger partial charge in [-0.2, -0.15) is 0 Å². The summed E-state index contributed by atoms with van der Waals surface area (Å²) in [5.74, 6) is 5.79. The first-order chi connectivity index (χ1) is 13.5. The topological polar surface area (TPSA) is 141 Å². The van der Waals surface area contributed by atoms with Crippen LogP contribution in [0.3, 0.4) is 0 Å². The van der Waals surface area contributed by atoms with E-state index < -0.39 is 5.60 Å². The minimum atomic E-state index is -1.58. The van der Waals surface area contributed by atoms with E-state index in [-0.39, 0.29) is 28.6 Å². The molecule has 0 aromatic carbocycles. The molecule has 0 saturated heterocycles. The molecule has 4 N–H and O–H groups in total. The van der Waals surface area contributed by atoms with Crippen molar-refractivity contribution in [1.82, 2.24) is 14.7 Å². The molecule has 1 atom stereocenters. The fraction of sp³-hybridized carbons (Fsp3) is 0.300. The zero-order valence-corrected chi connectivity index (χ0v) is 16.7. The van der Waals surface area contributed by atoms with Gasteiger partial charge in [-0.3, -0.25) is 15.6 Å². The molecular weight excluding hydrogens is 374 g/mol. The molecular formula is C20H21N5O4. The maximum Gasteiger partial charge on any atom is 0.274 e. The molecule has 0 fully saturated rings. The standard InChI is InChI=1S/C20H21N5O4/c1-10-8-14(24-29-10)20(4,27)7-6-13-9-25(5)19(26)17-16(13)15(11(2)23-17)18(22)28-12(3)21/h8-9,21-23,27H,1-5H3/t20-/m1/s1. The van der Waals surface area contributed by atoms with Crippen LogP contribution in [0.15, 0.2) is 21.6 Å². The average Bonchev–Trinajstić information content (AvgIpc) is 3.20. The van der Waals surface area contributed by atoms with Crippen LogP contribution in [0.25, 0.3) is 10.9 Å². The molecule has 0 aliphatic rings. The lowest BCUT2D eigenvalue weighted by molar-refractivity contribution is 0.112. The number of aliphatic hydroxyl groups is 1. The van der Waals surface area contributed by atoms with Gasteiger partial charge in [0.1, 0.15) is 17.0 Å². The Labute approximate surface area is 166 Å². The molecule has 150 valence electrons. The van der Waals surface area contributed by atoms with Crippen LogP contribution >= 0.6 is 0 Å². The van der Waals surface area contributed by atoms with Crippen LogP contribution in [0.5, 0.6) is 0 Å². The van der Waals surface area contributed by atoms with Crippen molar-refractivity contribution in [2.75, 3.05) is 0 Å². The molecule has 0 unspecified atom stereocenters. The number of hydrogen-bond donors (Lipinski definition) is 4. The summed E-state index contributed by atoms with van der Waals surface area (Å²) in [6, 6.07) is 1.59. The van der Waals surface area contributed by atoms with Gasteiger partial charge in [-0.1, -0.05) is 17.0 Å². The van der Waals surface area contributed by atoms with Crippen molar-refractivity contribution in [1.29, 1.82) is 10.8 Å². The van der Waals surface area contributed by atoms with Crippen molar-refractivity contribution in [2.24, 2.45) is 7.05 Å². The SMILES string of the molecule is CC(=N)OC(=N)c1c(C)[nH]c2c(=O)n(C)cc(C#C[C@@](C)(O)c3cc(C)on3)c12. The van der Waals surface area contributed by atoms with Gasteiger partial charge in [-0.15, -0.1) is 0 Å². The maximum absolute atomic E-state index is 12.6. The molecule has 3 aromatic heterocycles. The van der Waals surface area contributed by atoms with Crippen molar-refractivity contribution in [3.63, 3.8) is 0 Å². The van der Waals surface area contributed by atoms with E-state index in [1.165, 1.54) is 24.6 Å². The predicted molar refractivity (Wildman–Crippen MR) is 107 cm³/mol. The summed E-state index contributed by atoms with van der Waals surface area (Å²) in [6.07, 6.45) is 1.53. The lowest BCUT2D eigenvalue weighted by Crippen LogP contribution is -2.20. The zero-order valence-electron chi connectivity index (χ0n) is 16.7. The van der Waals surface area contributed by atoms with Gasteiger partial charge >= 0.3 is 0 Å². The van der Waals surface area contributed by atoms with Crippen molar-refractivity contribution in [3.05, 3.63) is 50.9 Å². The number of H-pyrrole nitrogens is 1. The van der Waals surface area contributed by atoms with Gasteiger partial charge in [0.15, 0.2) is 11.5 Å². The molecule has 9 nitrogen and oxygen atoms in total. The first-order valence-electron chi connectivity index (χ1n) is 8.74. The van der Waals surface area contributed by atoms with Gasteiger partial charge < -0.3 is 23.9 Å². The number of nitrogens with one attached hydrogen (secondary N) is 3. The predicted octanol–water partition coefficient (Wildman–Crippen LogP) is 2.07. The third kappa shape index (κ3) is 3.70. The highest BCUT2D eigenvalue weighted by molar-refractivity contribution is 6.11. The number of pyridine rings is 1. The monoisotopic (exact) mass is 395 g/mol. The van der Waals surface area contributed by atoms with Crippen molar-refractivity contribution in [2.45, 2.75) is 33.3 Å². The summed E-state index contributed by atoms with van der Waals surface area (Å²) in [5.41, 5.74) is -0.0535. The second kappa shape index (κ2) is 7.07. The molecule has 0 bridgehead atoms. The number of aromatic nitrogens is 3. The summed E-state index contributed by atoms with van der Waals surface area (Å²) in [7, 11) is 1.59. The second-order valence-corrected chi connectivity index (χ2v) is 6.97. The van der Waals surface area contributed by atoms with Crippen molar-refractivity contribution >= 4 is 22.7 Å². The van der Waals surface area contributed by atoms with Crippen LogP contribution in [0, 0.1) is 36.5 Å². The molecule has 29 heavy (non-hydrogen) atoms. The van der Waals surface area contributed by atoms with E-state index in [4.69, 9.17) is 20.1 Å². The van der Waals surface area contributed by atoms with E-state index in [0.29, 0.717) is 28.0 Å². The number of aryl methyl sites for hydroxylation is 3. The third-order valence-corrected chi connectivity index (χ3v) is 4.36. The number of ether oxygens (including phenoxy) is 1. The van der Waals surface area contributed by atoms with Crippen LogP contribution in [0.2, 0.25) is 0 Å². The number of hydrogen-bond acceptors (Lipinski definition) is 7. The molecule has 0 saturated carbocycles. The van der Waals surface area contributed by atoms with Crippen molar-refractivity contribution < 1.29 is 14.4 Å². The van der Waals surface area contributed by atoms with E-state index in [2.05, 4.69) is 22.0 Å². The highest BCUT2D eigenvalue weighted by Gasteiger charge is 2.25. The highest BCUT2D eigenvalue weighted by Crippen LogP contribution is 2.25. The average molecular weight is 395 g/mol. The van der Waals surface area contributed by atoms with Crippen LogP contribution in [0.4, 0.5) is 0 Å². The molecule has 0 spiro atoms. The van der Waals surface area contributed by atoms with E-state index in [0.717, 1.165) is 0 Å². The smallest absolute Gasteiger partial charge is 0.274 e. The Bertz CT molecular complexity index is 1260. The van der Waals surface area contributed by atoms with Gasteiger partial charge in [0.25, 0.3) is 5.56 Å². The van der Waals surface area contributed by atoms with E-state index in [1.54, 1.807) is 27.0 Å². The second-order valence-electron chi connectivity index (χ2n) is 6.97. The van der Waals surface area contributed by atoms with Gasteiger partial charge in [0, 0.05) is 37.3 Å². The highest BCUT2D eigenvalue weighted by atomic mass is 16.5. The minimum absolute atomic E-state index is 0.149. The summed E-state index contributed by atoms with van der Waals surface area (Å²) in [6.45, 7) is 6.32. The first-order valence-corrected chi connectivity index (χ1v) is 8.74. The number of nitrogens with zero attached hydrogens (tertiary/aromatic N) is 2. The molecule has 0 aliphatic heterocycles. The van der Waals surface area contributed by atoms with E-state index in [9.17, 15) is 9.90 Å². The largest absolute Gasteiger partial charge is 0.425 e. The summed E-state index contributed by atoms with van der Waals surface area (Å²) < 4.78 is 11.5. The zero-order chi connectivity index (χ0) is 21.5. The summed E-state index contributed by atoms with van der Waals surface area (Å²) in [4.78, 5) is 15.6. The third-order valence-electron chi connectivity index (χ3n) is 4.36. The number of aromatic amines is 1. The molecule has 3 rings (SSSR count). The first kappa shape index (κ1) is 20.1. The van der Waals surface area contributed by atoms with E-state index >= 15 is 0 Å². The minimum Gasteiger partial charge on any atom is -0.425 e. The Hall–Kier alpha value is -3.64. The van der Waals surface area contributed by atoms with Gasteiger partial charge in [-0.05, 0) is 20.8 Å². The molecule has 9 heteroatoms. The Morgan fingerprint density at radius 3 is 2.69 bits per heavy atom. The van der Waals surface area contributed by atoms with Gasteiger partial charge in [-0.25, -0.2) is 0 Å². The lowest BCUT2D eigenvalue weighted by Gasteiger charge is -2.12. The fourth-order valence-corrected chi connectivity index (χ4v) is 2.98. The Kier molecular flexibility index (Phi) is 4.90. The maximum atomic E-state index is 12.6. The lowest BCUT2D eigenvalue weighted by atomic mass is 10.0. The Morgan fingerprint density at radius 2 is 2.10 bits per heavy atom. The van der Waals surface area contributed by atoms with Gasteiger partial charge in [0.05, 0.1) is 11.1 Å².